The quantitative estimate of drug-likeness (QED) is 0.637. The number of hydrogen-bond donors (Lipinski definition) is 2. The van der Waals surface area contributed by atoms with Crippen LogP contribution in [0, 0.1) is 13.8 Å². The number of carbonyl (C=O) groups excluding carboxylic acids is 1. The number of aryl methyl sites for hydroxylation is 2. The van der Waals surface area contributed by atoms with E-state index in [-0.39, 0.29) is 12.5 Å². The van der Waals surface area contributed by atoms with E-state index in [1.54, 1.807) is 13.3 Å². The molecule has 0 heterocycles. The van der Waals surface area contributed by atoms with E-state index in [1.165, 1.54) is 5.56 Å². The summed E-state index contributed by atoms with van der Waals surface area (Å²) in [5.74, 6) is 0.495. The molecule has 2 aromatic carbocycles. The molecule has 23 heavy (non-hydrogen) atoms. The highest BCUT2D eigenvalue weighted by molar-refractivity contribution is 5.86. The molecule has 0 aliphatic heterocycles. The van der Waals surface area contributed by atoms with Gasteiger partial charge in [-0.1, -0.05) is 29.8 Å². The van der Waals surface area contributed by atoms with Gasteiger partial charge >= 0.3 is 0 Å². The molecule has 0 radical (unpaired) electrons. The maximum atomic E-state index is 11.8. The third kappa shape index (κ3) is 4.85. The second-order valence-corrected chi connectivity index (χ2v) is 5.21. The highest BCUT2D eigenvalue weighted by Gasteiger charge is 2.02. The highest BCUT2D eigenvalue weighted by atomic mass is 16.5. The van der Waals surface area contributed by atoms with Crippen molar-refractivity contribution < 1.29 is 9.53 Å². The largest absolute Gasteiger partial charge is 0.496 e. The minimum atomic E-state index is -0.212. The van der Waals surface area contributed by atoms with Gasteiger partial charge in [-0.2, -0.15) is 5.10 Å². The van der Waals surface area contributed by atoms with Crippen LogP contribution in [0.1, 0.15) is 16.7 Å². The molecule has 0 aliphatic carbocycles. The number of ether oxygens (including phenoxy) is 1. The monoisotopic (exact) mass is 311 g/mol. The van der Waals surface area contributed by atoms with Crippen molar-refractivity contribution in [1.29, 1.82) is 0 Å². The summed E-state index contributed by atoms with van der Waals surface area (Å²) < 4.78 is 5.21. The van der Waals surface area contributed by atoms with Crippen molar-refractivity contribution in [3.05, 3.63) is 59.2 Å². The zero-order valence-electron chi connectivity index (χ0n) is 13.6. The van der Waals surface area contributed by atoms with Crippen LogP contribution in [0.15, 0.2) is 47.6 Å². The first kappa shape index (κ1) is 16.5. The summed E-state index contributed by atoms with van der Waals surface area (Å²) in [7, 11) is 1.60. The van der Waals surface area contributed by atoms with E-state index in [0.717, 1.165) is 16.8 Å². The fourth-order valence-electron chi connectivity index (χ4n) is 2.17. The standard InChI is InChI=1S/C18H21N3O2/c1-13-8-9-16(14(2)10-13)19-12-18(22)21-20-11-15-6-4-5-7-17(15)23-3/h4-11,19H,12H2,1-3H3,(H,21,22)/b20-11+. The van der Waals surface area contributed by atoms with Crippen molar-refractivity contribution in [2.24, 2.45) is 5.10 Å². The third-order valence-electron chi connectivity index (χ3n) is 3.35. The molecule has 0 fully saturated rings. The van der Waals surface area contributed by atoms with Gasteiger partial charge in [-0.25, -0.2) is 5.43 Å². The maximum Gasteiger partial charge on any atom is 0.259 e. The molecule has 5 nitrogen and oxygen atoms in total. The summed E-state index contributed by atoms with van der Waals surface area (Å²) in [6.07, 6.45) is 1.56. The lowest BCUT2D eigenvalue weighted by Crippen LogP contribution is -2.26. The number of para-hydroxylation sites is 1. The van der Waals surface area contributed by atoms with Crippen LogP contribution in [0.5, 0.6) is 5.75 Å². The van der Waals surface area contributed by atoms with Crippen molar-refractivity contribution in [3.63, 3.8) is 0 Å². The van der Waals surface area contributed by atoms with Gasteiger partial charge in [0.05, 0.1) is 19.9 Å². The molecule has 2 rings (SSSR count). The lowest BCUT2D eigenvalue weighted by Gasteiger charge is -2.09. The first-order valence-corrected chi connectivity index (χ1v) is 7.36. The molecular weight excluding hydrogens is 290 g/mol. The van der Waals surface area contributed by atoms with Crippen LogP contribution >= 0.6 is 0 Å². The Morgan fingerprint density at radius 1 is 1.22 bits per heavy atom. The van der Waals surface area contributed by atoms with Crippen molar-refractivity contribution in [3.8, 4) is 5.75 Å². The van der Waals surface area contributed by atoms with Crippen molar-refractivity contribution in [2.45, 2.75) is 13.8 Å². The van der Waals surface area contributed by atoms with Gasteiger partial charge in [-0.3, -0.25) is 4.79 Å². The normalized spacial score (nSPS) is 10.6. The molecule has 5 heteroatoms. The van der Waals surface area contributed by atoms with Crippen LogP contribution in [0.25, 0.3) is 0 Å². The van der Waals surface area contributed by atoms with Gasteiger partial charge in [0.1, 0.15) is 5.75 Å². The van der Waals surface area contributed by atoms with Gasteiger partial charge in [0.15, 0.2) is 0 Å². The minimum Gasteiger partial charge on any atom is -0.496 e. The Labute approximate surface area is 136 Å². The number of methoxy groups -OCH3 is 1. The highest BCUT2D eigenvalue weighted by Crippen LogP contribution is 2.15. The molecule has 0 saturated carbocycles. The number of nitrogens with zero attached hydrogens (tertiary/aromatic N) is 1. The van der Waals surface area contributed by atoms with Crippen molar-refractivity contribution >= 4 is 17.8 Å². The summed E-state index contributed by atoms with van der Waals surface area (Å²) in [5.41, 5.74) is 6.54. The number of rotatable bonds is 6. The number of anilines is 1. The summed E-state index contributed by atoms with van der Waals surface area (Å²) in [5, 5.41) is 7.05. The summed E-state index contributed by atoms with van der Waals surface area (Å²) in [6, 6.07) is 13.5. The molecule has 0 atom stereocenters. The first-order valence-electron chi connectivity index (χ1n) is 7.36. The Balaban J connectivity index is 1.86. The molecule has 0 bridgehead atoms. The summed E-state index contributed by atoms with van der Waals surface area (Å²) in [6.45, 7) is 4.20. The maximum absolute atomic E-state index is 11.8. The second kappa shape index (κ2) is 7.98. The summed E-state index contributed by atoms with van der Waals surface area (Å²) >= 11 is 0. The van der Waals surface area contributed by atoms with E-state index in [4.69, 9.17) is 4.74 Å². The molecular formula is C18H21N3O2. The van der Waals surface area contributed by atoms with Gasteiger partial charge in [0.25, 0.3) is 5.91 Å². The predicted molar refractivity (Wildman–Crippen MR) is 93.1 cm³/mol. The number of hydrogen-bond acceptors (Lipinski definition) is 4. The number of nitrogens with one attached hydrogen (secondary N) is 2. The molecule has 0 unspecified atom stereocenters. The van der Waals surface area contributed by atoms with E-state index < -0.39 is 0 Å². The topological polar surface area (TPSA) is 62.7 Å². The van der Waals surface area contributed by atoms with Crippen molar-refractivity contribution in [2.75, 3.05) is 19.0 Å². The molecule has 2 N–H and O–H groups in total. The molecule has 2 aromatic rings. The molecule has 0 aromatic heterocycles. The fraction of sp³-hybridized carbons (Fsp3) is 0.222. The van der Waals surface area contributed by atoms with Gasteiger partial charge in [0, 0.05) is 11.3 Å². The van der Waals surface area contributed by atoms with E-state index >= 15 is 0 Å². The fourth-order valence-corrected chi connectivity index (χ4v) is 2.17. The van der Waals surface area contributed by atoms with Gasteiger partial charge in [-0.15, -0.1) is 0 Å². The molecule has 120 valence electrons. The number of amides is 1. The Bertz CT molecular complexity index is 711. The van der Waals surface area contributed by atoms with E-state index in [1.807, 2.05) is 50.2 Å². The number of carbonyl (C=O) groups is 1. The lowest BCUT2D eigenvalue weighted by atomic mass is 10.1. The zero-order chi connectivity index (χ0) is 16.7. The van der Waals surface area contributed by atoms with Crippen LogP contribution in [-0.4, -0.2) is 25.8 Å². The Hall–Kier alpha value is -2.82. The predicted octanol–water partition coefficient (Wildman–Crippen LogP) is 2.87. The molecule has 1 amide bonds. The van der Waals surface area contributed by atoms with E-state index in [0.29, 0.717) is 5.75 Å². The Morgan fingerprint density at radius 3 is 2.74 bits per heavy atom. The van der Waals surface area contributed by atoms with Crippen LogP contribution in [-0.2, 0) is 4.79 Å². The number of benzene rings is 2. The van der Waals surface area contributed by atoms with Gasteiger partial charge < -0.3 is 10.1 Å². The lowest BCUT2D eigenvalue weighted by molar-refractivity contribution is -0.119. The van der Waals surface area contributed by atoms with Gasteiger partial charge in [0.2, 0.25) is 0 Å². The smallest absolute Gasteiger partial charge is 0.259 e. The average Bonchev–Trinajstić information content (AvgIpc) is 2.54. The molecule has 0 spiro atoms. The van der Waals surface area contributed by atoms with Crippen LogP contribution in [0.3, 0.4) is 0 Å². The minimum absolute atomic E-state index is 0.160. The summed E-state index contributed by atoms with van der Waals surface area (Å²) in [4.78, 5) is 11.8. The van der Waals surface area contributed by atoms with E-state index in [2.05, 4.69) is 21.9 Å². The Kier molecular flexibility index (Phi) is 5.74. The Morgan fingerprint density at radius 2 is 2.00 bits per heavy atom. The zero-order valence-corrected chi connectivity index (χ0v) is 13.6. The average molecular weight is 311 g/mol. The number of hydrazone groups is 1. The van der Waals surface area contributed by atoms with Crippen LogP contribution < -0.4 is 15.5 Å². The van der Waals surface area contributed by atoms with Crippen LogP contribution in [0.4, 0.5) is 5.69 Å². The second-order valence-electron chi connectivity index (χ2n) is 5.21. The molecule has 0 saturated heterocycles. The first-order chi connectivity index (χ1) is 11.1. The molecule has 0 aliphatic rings. The van der Waals surface area contributed by atoms with Crippen molar-refractivity contribution in [1.82, 2.24) is 5.43 Å². The van der Waals surface area contributed by atoms with Gasteiger partial charge in [-0.05, 0) is 37.6 Å². The third-order valence-corrected chi connectivity index (χ3v) is 3.35. The SMILES string of the molecule is COc1ccccc1/C=N/NC(=O)CNc1ccc(C)cc1C. The van der Waals surface area contributed by atoms with Crippen LogP contribution in [0.2, 0.25) is 0 Å². The van der Waals surface area contributed by atoms with E-state index in [9.17, 15) is 4.79 Å².